The Balaban J connectivity index is 1.81. The normalized spacial score (nSPS) is 11.3. The number of carbonyl (C=O) groups excluding carboxylic acids is 3. The maximum Gasteiger partial charge on any atom is 0.251 e. The Morgan fingerprint density at radius 2 is 1.25 bits per heavy atom. The predicted octanol–water partition coefficient (Wildman–Crippen LogP) is 1.69. The first-order chi connectivity index (χ1) is 15.0. The summed E-state index contributed by atoms with van der Waals surface area (Å²) in [5.74, 6) is -0.929. The minimum atomic E-state index is -3.56. The number of hydrogen-bond donors (Lipinski definition) is 3. The zero-order valence-corrected chi connectivity index (χ0v) is 19.3. The average molecular weight is 461 g/mol. The van der Waals surface area contributed by atoms with E-state index in [1.54, 1.807) is 38.1 Å². The van der Waals surface area contributed by atoms with Crippen LogP contribution in [0, 0.1) is 5.92 Å². The molecule has 0 bridgehead atoms. The molecular formula is C22H28N4O5S. The van der Waals surface area contributed by atoms with Crippen LogP contribution >= 0.6 is 0 Å². The Kier molecular flexibility index (Phi) is 8.50. The van der Waals surface area contributed by atoms with Crippen LogP contribution in [0.15, 0.2) is 53.4 Å². The number of nitrogens with zero attached hydrogens (tertiary/aromatic N) is 1. The van der Waals surface area contributed by atoms with Crippen LogP contribution in [0.25, 0.3) is 0 Å². The lowest BCUT2D eigenvalue weighted by atomic mass is 10.1. The molecule has 0 atom stereocenters. The Bertz CT molecular complexity index is 1060. The van der Waals surface area contributed by atoms with Gasteiger partial charge in [-0.3, -0.25) is 14.4 Å². The second-order valence-corrected chi connectivity index (χ2v) is 9.70. The van der Waals surface area contributed by atoms with Crippen LogP contribution in [0.4, 0.5) is 5.69 Å². The Morgan fingerprint density at radius 1 is 0.812 bits per heavy atom. The fraction of sp³-hybridized carbons (Fsp3) is 0.318. The molecule has 0 spiro atoms. The van der Waals surface area contributed by atoms with Crippen molar-refractivity contribution in [2.75, 3.05) is 32.5 Å². The van der Waals surface area contributed by atoms with E-state index in [1.165, 1.54) is 38.4 Å². The molecule has 32 heavy (non-hydrogen) atoms. The summed E-state index contributed by atoms with van der Waals surface area (Å²) in [6.45, 7) is 4.00. The molecule has 3 amide bonds. The van der Waals surface area contributed by atoms with E-state index >= 15 is 0 Å². The van der Waals surface area contributed by atoms with Crippen molar-refractivity contribution in [2.24, 2.45) is 5.92 Å². The first-order valence-electron chi connectivity index (χ1n) is 10.0. The van der Waals surface area contributed by atoms with E-state index in [0.717, 1.165) is 4.31 Å². The highest BCUT2D eigenvalue weighted by atomic mass is 32.2. The third-order valence-corrected chi connectivity index (χ3v) is 6.36. The van der Waals surface area contributed by atoms with Crippen molar-refractivity contribution in [3.05, 3.63) is 59.7 Å². The molecule has 0 aromatic heterocycles. The summed E-state index contributed by atoms with van der Waals surface area (Å²) in [5, 5.41) is 8.12. The molecular weight excluding hydrogens is 432 g/mol. The van der Waals surface area contributed by atoms with Crippen molar-refractivity contribution in [3.8, 4) is 0 Å². The highest BCUT2D eigenvalue weighted by molar-refractivity contribution is 7.89. The van der Waals surface area contributed by atoms with Crippen LogP contribution in [-0.4, -0.2) is 57.6 Å². The van der Waals surface area contributed by atoms with Crippen molar-refractivity contribution in [1.82, 2.24) is 14.9 Å². The molecule has 0 saturated heterocycles. The molecule has 0 aliphatic rings. The lowest BCUT2D eigenvalue weighted by molar-refractivity contribution is -0.118. The lowest BCUT2D eigenvalue weighted by Crippen LogP contribution is -2.34. The van der Waals surface area contributed by atoms with Gasteiger partial charge in [-0.2, -0.15) is 0 Å². The minimum Gasteiger partial charge on any atom is -0.350 e. The van der Waals surface area contributed by atoms with E-state index in [0.29, 0.717) is 16.8 Å². The summed E-state index contributed by atoms with van der Waals surface area (Å²) < 4.78 is 25.2. The summed E-state index contributed by atoms with van der Waals surface area (Å²) in [5.41, 5.74) is 1.35. The van der Waals surface area contributed by atoms with Crippen molar-refractivity contribution < 1.29 is 22.8 Å². The third kappa shape index (κ3) is 6.63. The summed E-state index contributed by atoms with van der Waals surface area (Å²) in [6, 6.07) is 12.1. The maximum absolute atomic E-state index is 12.2. The van der Waals surface area contributed by atoms with E-state index in [4.69, 9.17) is 0 Å². The SMILES string of the molecule is CC(C)C(=O)Nc1ccc(C(=O)NCCNC(=O)c2ccc(S(=O)(=O)N(C)C)cc2)cc1. The van der Waals surface area contributed by atoms with Crippen molar-refractivity contribution in [3.63, 3.8) is 0 Å². The maximum atomic E-state index is 12.2. The Morgan fingerprint density at radius 3 is 1.66 bits per heavy atom. The van der Waals surface area contributed by atoms with Gasteiger partial charge in [-0.25, -0.2) is 12.7 Å². The van der Waals surface area contributed by atoms with Crippen LogP contribution < -0.4 is 16.0 Å². The van der Waals surface area contributed by atoms with E-state index in [1.807, 2.05) is 0 Å². The van der Waals surface area contributed by atoms with Gasteiger partial charge in [0, 0.05) is 49.9 Å². The molecule has 0 radical (unpaired) electrons. The van der Waals surface area contributed by atoms with Gasteiger partial charge in [0.15, 0.2) is 0 Å². The summed E-state index contributed by atoms with van der Waals surface area (Å²) >= 11 is 0. The monoisotopic (exact) mass is 460 g/mol. The van der Waals surface area contributed by atoms with Crippen LogP contribution in [0.5, 0.6) is 0 Å². The zero-order valence-electron chi connectivity index (χ0n) is 18.5. The fourth-order valence-electron chi connectivity index (χ4n) is 2.54. The van der Waals surface area contributed by atoms with Gasteiger partial charge in [0.1, 0.15) is 0 Å². The van der Waals surface area contributed by atoms with Gasteiger partial charge in [-0.15, -0.1) is 0 Å². The highest BCUT2D eigenvalue weighted by Gasteiger charge is 2.17. The number of hydrogen-bond acceptors (Lipinski definition) is 5. The smallest absolute Gasteiger partial charge is 0.251 e. The summed E-state index contributed by atoms with van der Waals surface area (Å²) in [6.07, 6.45) is 0. The van der Waals surface area contributed by atoms with E-state index in [9.17, 15) is 22.8 Å². The topological polar surface area (TPSA) is 125 Å². The third-order valence-electron chi connectivity index (χ3n) is 4.53. The summed E-state index contributed by atoms with van der Waals surface area (Å²) in [4.78, 5) is 36.2. The molecule has 9 nitrogen and oxygen atoms in total. The lowest BCUT2D eigenvalue weighted by Gasteiger charge is -2.12. The van der Waals surface area contributed by atoms with Gasteiger partial charge in [0.2, 0.25) is 15.9 Å². The highest BCUT2D eigenvalue weighted by Crippen LogP contribution is 2.14. The van der Waals surface area contributed by atoms with Gasteiger partial charge in [0.25, 0.3) is 11.8 Å². The zero-order chi connectivity index (χ0) is 23.9. The number of nitrogens with one attached hydrogen (secondary N) is 3. The minimum absolute atomic E-state index is 0.0982. The van der Waals surface area contributed by atoms with E-state index in [-0.39, 0.29) is 41.6 Å². The first kappa shape index (κ1) is 25.0. The number of rotatable bonds is 9. The Labute approximate surface area is 188 Å². The van der Waals surface area contributed by atoms with Gasteiger partial charge in [-0.05, 0) is 48.5 Å². The number of amides is 3. The van der Waals surface area contributed by atoms with Crippen molar-refractivity contribution in [2.45, 2.75) is 18.7 Å². The van der Waals surface area contributed by atoms with Crippen molar-refractivity contribution >= 4 is 33.4 Å². The van der Waals surface area contributed by atoms with Gasteiger partial charge >= 0.3 is 0 Å². The van der Waals surface area contributed by atoms with Crippen molar-refractivity contribution in [1.29, 1.82) is 0 Å². The molecule has 10 heteroatoms. The molecule has 2 aromatic carbocycles. The molecule has 0 unspecified atom stereocenters. The van der Waals surface area contributed by atoms with E-state index < -0.39 is 10.0 Å². The molecule has 2 rings (SSSR count). The number of anilines is 1. The standard InChI is InChI=1S/C22H28N4O5S/c1-15(2)20(27)25-18-9-5-16(6-10-18)21(28)23-13-14-24-22(29)17-7-11-19(12-8-17)32(30,31)26(3)4/h5-12,15H,13-14H2,1-4H3,(H,23,28)(H,24,29)(H,25,27). The van der Waals surface area contributed by atoms with Crippen LogP contribution in [0.2, 0.25) is 0 Å². The molecule has 0 aliphatic carbocycles. The van der Waals surface area contributed by atoms with E-state index in [2.05, 4.69) is 16.0 Å². The quantitative estimate of drug-likeness (QED) is 0.491. The molecule has 172 valence electrons. The largest absolute Gasteiger partial charge is 0.350 e. The number of carbonyl (C=O) groups is 3. The van der Waals surface area contributed by atoms with Gasteiger partial charge in [0.05, 0.1) is 4.90 Å². The predicted molar refractivity (Wildman–Crippen MR) is 122 cm³/mol. The number of benzene rings is 2. The van der Waals surface area contributed by atoms with Crippen LogP contribution in [-0.2, 0) is 14.8 Å². The summed E-state index contributed by atoms with van der Waals surface area (Å²) in [7, 11) is -0.688. The first-order valence-corrected chi connectivity index (χ1v) is 11.5. The second kappa shape index (κ2) is 10.9. The van der Waals surface area contributed by atoms with Gasteiger partial charge < -0.3 is 16.0 Å². The van der Waals surface area contributed by atoms with Crippen LogP contribution in [0.1, 0.15) is 34.6 Å². The molecule has 0 heterocycles. The Hall–Kier alpha value is -3.24. The number of sulfonamides is 1. The van der Waals surface area contributed by atoms with Crippen LogP contribution in [0.3, 0.4) is 0 Å². The fourth-order valence-corrected chi connectivity index (χ4v) is 3.44. The molecule has 0 aliphatic heterocycles. The molecule has 2 aromatic rings. The molecule has 0 saturated carbocycles. The molecule has 3 N–H and O–H groups in total. The molecule has 0 fully saturated rings. The second-order valence-electron chi connectivity index (χ2n) is 7.54. The average Bonchev–Trinajstić information content (AvgIpc) is 2.76. The van der Waals surface area contributed by atoms with Gasteiger partial charge in [-0.1, -0.05) is 13.8 Å².